The van der Waals surface area contributed by atoms with E-state index in [1.165, 1.54) is 32.1 Å². The maximum absolute atomic E-state index is 3.87. The van der Waals surface area contributed by atoms with Gasteiger partial charge in [-0.3, -0.25) is 0 Å². The van der Waals surface area contributed by atoms with Crippen LogP contribution >= 0.6 is 0 Å². The maximum Gasteiger partial charge on any atom is -0.0236 e. The second-order valence-electron chi connectivity index (χ2n) is 6.02. The van der Waals surface area contributed by atoms with Crippen LogP contribution in [0.5, 0.6) is 0 Å². The molecule has 0 nitrogen and oxygen atoms in total. The molecule has 0 spiro atoms. The zero-order chi connectivity index (χ0) is 14.0. The molecule has 4 atom stereocenters. The average Bonchev–Trinajstić information content (AvgIpc) is 2.39. The number of hydrogen-bond acceptors (Lipinski definition) is 0. The van der Waals surface area contributed by atoms with E-state index in [0.29, 0.717) is 5.92 Å². The first kappa shape index (κ1) is 17.5. The van der Waals surface area contributed by atoms with Gasteiger partial charge in [-0.15, -0.1) is 6.58 Å². The van der Waals surface area contributed by atoms with Crippen LogP contribution < -0.4 is 0 Å². The Morgan fingerprint density at radius 1 is 0.944 bits per heavy atom. The smallest absolute Gasteiger partial charge is 0.0236 e. The molecule has 4 unspecified atom stereocenters. The molecule has 0 N–H and O–H groups in total. The van der Waals surface area contributed by atoms with Crippen molar-refractivity contribution in [2.75, 3.05) is 0 Å². The second-order valence-corrected chi connectivity index (χ2v) is 6.02. The van der Waals surface area contributed by atoms with E-state index >= 15 is 0 Å². The van der Waals surface area contributed by atoms with Gasteiger partial charge in [0.05, 0.1) is 0 Å². The Balaban J connectivity index is 3.92. The fourth-order valence-electron chi connectivity index (χ4n) is 2.40. The van der Waals surface area contributed by atoms with Crippen molar-refractivity contribution < 1.29 is 0 Å². The molecule has 0 rings (SSSR count). The van der Waals surface area contributed by atoms with E-state index < -0.39 is 0 Å². The first-order valence-corrected chi connectivity index (χ1v) is 7.80. The van der Waals surface area contributed by atoms with Crippen LogP contribution in [0.3, 0.4) is 0 Å². The van der Waals surface area contributed by atoms with E-state index in [4.69, 9.17) is 0 Å². The molecule has 0 aromatic rings. The highest BCUT2D eigenvalue weighted by atomic mass is 14.2. The molecule has 0 bridgehead atoms. The third kappa shape index (κ3) is 7.74. The maximum atomic E-state index is 3.87. The molecule has 0 aromatic heterocycles. The third-order valence-corrected chi connectivity index (χ3v) is 4.43. The van der Waals surface area contributed by atoms with Gasteiger partial charge >= 0.3 is 0 Å². The lowest BCUT2D eigenvalue weighted by atomic mass is 9.84. The van der Waals surface area contributed by atoms with Crippen molar-refractivity contribution in [3.63, 3.8) is 0 Å². The molecule has 0 aliphatic heterocycles. The predicted molar refractivity (Wildman–Crippen MR) is 84.8 cm³/mol. The summed E-state index contributed by atoms with van der Waals surface area (Å²) in [6.07, 6.45) is 13.3. The third-order valence-electron chi connectivity index (χ3n) is 4.43. The summed E-state index contributed by atoms with van der Waals surface area (Å²) >= 11 is 0. The van der Waals surface area contributed by atoms with Gasteiger partial charge in [0.15, 0.2) is 0 Å². The Morgan fingerprint density at radius 3 is 1.94 bits per heavy atom. The predicted octanol–water partition coefficient (Wildman–Crippen LogP) is 6.24. The van der Waals surface area contributed by atoms with Crippen LogP contribution in [0.25, 0.3) is 0 Å². The lowest BCUT2D eigenvalue weighted by Crippen LogP contribution is -2.11. The fourth-order valence-corrected chi connectivity index (χ4v) is 2.40. The molecule has 0 aliphatic carbocycles. The van der Waals surface area contributed by atoms with E-state index in [9.17, 15) is 0 Å². The molecule has 18 heavy (non-hydrogen) atoms. The molecule has 0 amide bonds. The van der Waals surface area contributed by atoms with Gasteiger partial charge in [-0.1, -0.05) is 45.9 Å². The molecule has 0 radical (unpaired) electrons. The molecule has 0 aliphatic rings. The molecule has 0 heteroatoms. The van der Waals surface area contributed by atoms with Gasteiger partial charge in [0.2, 0.25) is 0 Å². The topological polar surface area (TPSA) is 0 Å². The standard InChI is InChI=1S/C18H34/c1-7-10-18(9-3)14-13-17(6)16(5)12-11-15(4)8-2/h7-8,10,15-18H,2,9,11-14H2,1,3-6H3/b10-7+. The summed E-state index contributed by atoms with van der Waals surface area (Å²) in [6, 6.07) is 0. The van der Waals surface area contributed by atoms with Crippen LogP contribution in [-0.2, 0) is 0 Å². The first-order chi connectivity index (χ1) is 8.54. The van der Waals surface area contributed by atoms with E-state index in [1.54, 1.807) is 0 Å². The van der Waals surface area contributed by atoms with Crippen LogP contribution in [0.4, 0.5) is 0 Å². The Kier molecular flexibility index (Phi) is 10.1. The van der Waals surface area contributed by atoms with Gasteiger partial charge in [-0.2, -0.15) is 0 Å². The molecule has 0 aromatic carbocycles. The van der Waals surface area contributed by atoms with Crippen LogP contribution in [-0.4, -0.2) is 0 Å². The van der Waals surface area contributed by atoms with Crippen LogP contribution in [0, 0.1) is 23.7 Å². The normalized spacial score (nSPS) is 18.5. The largest absolute Gasteiger partial charge is 0.103 e. The highest BCUT2D eigenvalue weighted by molar-refractivity contribution is 4.85. The molecule has 0 heterocycles. The zero-order valence-corrected chi connectivity index (χ0v) is 13.3. The fraction of sp³-hybridized carbons (Fsp3) is 0.778. The summed E-state index contributed by atoms with van der Waals surface area (Å²) in [4.78, 5) is 0. The summed E-state index contributed by atoms with van der Waals surface area (Å²) in [6.45, 7) is 15.4. The van der Waals surface area contributed by atoms with Crippen molar-refractivity contribution in [1.82, 2.24) is 0 Å². The van der Waals surface area contributed by atoms with Crippen molar-refractivity contribution in [2.45, 2.75) is 66.7 Å². The zero-order valence-electron chi connectivity index (χ0n) is 13.3. The summed E-state index contributed by atoms with van der Waals surface area (Å²) < 4.78 is 0. The van der Waals surface area contributed by atoms with Gasteiger partial charge in [-0.05, 0) is 62.7 Å². The Morgan fingerprint density at radius 2 is 1.50 bits per heavy atom. The van der Waals surface area contributed by atoms with Gasteiger partial charge in [0.25, 0.3) is 0 Å². The lowest BCUT2D eigenvalue weighted by Gasteiger charge is -2.22. The van der Waals surface area contributed by atoms with Crippen molar-refractivity contribution in [3.05, 3.63) is 24.8 Å². The molecule has 0 saturated heterocycles. The highest BCUT2D eigenvalue weighted by Gasteiger charge is 2.14. The van der Waals surface area contributed by atoms with Crippen LogP contribution in [0.15, 0.2) is 24.8 Å². The highest BCUT2D eigenvalue weighted by Crippen LogP contribution is 2.26. The van der Waals surface area contributed by atoms with Crippen molar-refractivity contribution in [3.8, 4) is 0 Å². The van der Waals surface area contributed by atoms with Crippen molar-refractivity contribution in [2.24, 2.45) is 23.7 Å². The monoisotopic (exact) mass is 250 g/mol. The minimum absolute atomic E-state index is 0.672. The molecular formula is C18H34. The SMILES string of the molecule is C=CC(C)CCC(C)C(C)CCC(/C=C/C)CC. The number of allylic oxidation sites excluding steroid dienone is 3. The van der Waals surface area contributed by atoms with Gasteiger partial charge < -0.3 is 0 Å². The van der Waals surface area contributed by atoms with Crippen LogP contribution in [0.2, 0.25) is 0 Å². The Hall–Kier alpha value is -0.520. The first-order valence-electron chi connectivity index (χ1n) is 7.80. The second kappa shape index (κ2) is 10.4. The number of hydrogen-bond donors (Lipinski definition) is 0. The molecule has 0 saturated carbocycles. The van der Waals surface area contributed by atoms with Crippen molar-refractivity contribution >= 4 is 0 Å². The minimum atomic E-state index is 0.672. The van der Waals surface area contributed by atoms with Gasteiger partial charge in [0.1, 0.15) is 0 Å². The van der Waals surface area contributed by atoms with Gasteiger partial charge in [0, 0.05) is 0 Å². The Labute approximate surface area is 116 Å². The molecule has 106 valence electrons. The summed E-state index contributed by atoms with van der Waals surface area (Å²) in [7, 11) is 0. The summed E-state index contributed by atoms with van der Waals surface area (Å²) in [5.74, 6) is 3.15. The average molecular weight is 250 g/mol. The molecule has 0 fully saturated rings. The minimum Gasteiger partial charge on any atom is -0.103 e. The quantitative estimate of drug-likeness (QED) is 0.402. The van der Waals surface area contributed by atoms with E-state index in [0.717, 1.165) is 17.8 Å². The summed E-state index contributed by atoms with van der Waals surface area (Å²) in [5, 5.41) is 0. The Bertz CT molecular complexity index is 226. The van der Waals surface area contributed by atoms with E-state index in [2.05, 4.69) is 59.4 Å². The summed E-state index contributed by atoms with van der Waals surface area (Å²) in [5.41, 5.74) is 0. The van der Waals surface area contributed by atoms with Gasteiger partial charge in [-0.25, -0.2) is 0 Å². The van der Waals surface area contributed by atoms with E-state index in [1.807, 2.05) is 0 Å². The van der Waals surface area contributed by atoms with Crippen molar-refractivity contribution in [1.29, 1.82) is 0 Å². The number of rotatable bonds is 10. The lowest BCUT2D eigenvalue weighted by molar-refractivity contribution is 0.307. The van der Waals surface area contributed by atoms with Crippen LogP contribution in [0.1, 0.15) is 66.7 Å². The molecular weight excluding hydrogens is 216 g/mol. The van der Waals surface area contributed by atoms with E-state index in [-0.39, 0.29) is 0 Å².